The average Bonchev–Trinajstić information content (AvgIpc) is 3.10. The minimum atomic E-state index is -0.245. The molecule has 1 unspecified atom stereocenters. The number of nitrogens with zero attached hydrogens (tertiary/aromatic N) is 2. The molecule has 23 heavy (non-hydrogen) atoms. The van der Waals surface area contributed by atoms with Gasteiger partial charge in [-0.15, -0.1) is 11.8 Å². The molecule has 0 spiro atoms. The van der Waals surface area contributed by atoms with Crippen LogP contribution in [0.25, 0.3) is 0 Å². The third-order valence-electron chi connectivity index (χ3n) is 4.05. The van der Waals surface area contributed by atoms with E-state index in [9.17, 15) is 4.79 Å². The van der Waals surface area contributed by atoms with E-state index in [4.69, 9.17) is 4.74 Å². The van der Waals surface area contributed by atoms with Gasteiger partial charge in [0.2, 0.25) is 0 Å². The van der Waals surface area contributed by atoms with Crippen molar-refractivity contribution in [3.05, 3.63) is 59.8 Å². The third kappa shape index (κ3) is 3.85. The number of likely N-dealkylation sites (tertiary alicyclic amines) is 1. The summed E-state index contributed by atoms with van der Waals surface area (Å²) in [6.45, 7) is 1.05. The van der Waals surface area contributed by atoms with E-state index in [2.05, 4.69) is 11.1 Å². The summed E-state index contributed by atoms with van der Waals surface area (Å²) in [6, 6.07) is 13.9. The molecule has 1 aromatic carbocycles. The number of carbonyl (C=O) groups is 1. The Morgan fingerprint density at radius 2 is 2.13 bits per heavy atom. The smallest absolute Gasteiger partial charge is 0.410 e. The van der Waals surface area contributed by atoms with Gasteiger partial charge < -0.3 is 9.64 Å². The van der Waals surface area contributed by atoms with Crippen LogP contribution >= 0.6 is 11.8 Å². The molecule has 3 rings (SSSR count). The van der Waals surface area contributed by atoms with Gasteiger partial charge in [0.1, 0.15) is 6.61 Å². The summed E-state index contributed by atoms with van der Waals surface area (Å²) in [5, 5.41) is 0.991. The van der Waals surface area contributed by atoms with Crippen LogP contribution in [-0.4, -0.2) is 28.8 Å². The van der Waals surface area contributed by atoms with E-state index in [1.165, 1.54) is 0 Å². The van der Waals surface area contributed by atoms with Gasteiger partial charge in [-0.05, 0) is 36.3 Å². The van der Waals surface area contributed by atoms with E-state index < -0.39 is 0 Å². The Morgan fingerprint density at radius 1 is 1.30 bits per heavy atom. The maximum atomic E-state index is 12.4. The molecule has 2 heterocycles. The van der Waals surface area contributed by atoms with Gasteiger partial charge in [0.05, 0.1) is 11.1 Å². The highest BCUT2D eigenvalue weighted by Crippen LogP contribution is 2.32. The molecule has 5 heteroatoms. The summed E-state index contributed by atoms with van der Waals surface area (Å²) < 4.78 is 5.47. The molecule has 1 saturated heterocycles. The zero-order valence-electron chi connectivity index (χ0n) is 13.1. The molecule has 120 valence electrons. The number of benzene rings is 1. The summed E-state index contributed by atoms with van der Waals surface area (Å²) in [4.78, 5) is 18.6. The van der Waals surface area contributed by atoms with Crippen LogP contribution in [0.1, 0.15) is 30.0 Å². The minimum absolute atomic E-state index is 0.0710. The second-order valence-electron chi connectivity index (χ2n) is 5.53. The quantitative estimate of drug-likeness (QED) is 0.786. The van der Waals surface area contributed by atoms with Gasteiger partial charge in [-0.3, -0.25) is 0 Å². The van der Waals surface area contributed by atoms with E-state index in [0.29, 0.717) is 6.61 Å². The van der Waals surface area contributed by atoms with Crippen molar-refractivity contribution in [1.29, 1.82) is 0 Å². The van der Waals surface area contributed by atoms with E-state index in [0.717, 1.165) is 35.5 Å². The van der Waals surface area contributed by atoms with Gasteiger partial charge in [-0.25, -0.2) is 9.78 Å². The Morgan fingerprint density at radius 3 is 2.83 bits per heavy atom. The molecular formula is C18H20N2O2S. The normalized spacial score (nSPS) is 17.3. The molecule has 0 N–H and O–H groups in total. The fourth-order valence-corrected chi connectivity index (χ4v) is 3.21. The van der Waals surface area contributed by atoms with Crippen molar-refractivity contribution in [2.24, 2.45) is 0 Å². The third-order valence-corrected chi connectivity index (χ3v) is 4.71. The Bertz CT molecular complexity index is 646. The molecule has 1 aliphatic rings. The molecule has 4 nitrogen and oxygen atoms in total. The number of ether oxygens (including phenoxy) is 1. The topological polar surface area (TPSA) is 42.4 Å². The van der Waals surface area contributed by atoms with Crippen LogP contribution in [0.2, 0.25) is 0 Å². The zero-order chi connectivity index (χ0) is 16.1. The lowest BCUT2D eigenvalue weighted by Gasteiger charge is -2.24. The first-order chi connectivity index (χ1) is 11.3. The van der Waals surface area contributed by atoms with Gasteiger partial charge in [-0.2, -0.15) is 0 Å². The van der Waals surface area contributed by atoms with Crippen LogP contribution in [0, 0.1) is 0 Å². The van der Waals surface area contributed by atoms with Gasteiger partial charge in [0, 0.05) is 12.7 Å². The second kappa shape index (κ2) is 7.51. The summed E-state index contributed by atoms with van der Waals surface area (Å²) in [5.74, 6) is 0. The SMILES string of the molecule is CSc1ccc(C2CCCN2C(=O)OCc2ccccc2)cn1. The van der Waals surface area contributed by atoms with Crippen molar-refractivity contribution in [1.82, 2.24) is 9.88 Å². The highest BCUT2D eigenvalue weighted by Gasteiger charge is 2.31. The Labute approximate surface area is 140 Å². The molecule has 1 amide bonds. The van der Waals surface area contributed by atoms with E-state index in [1.807, 2.05) is 53.8 Å². The van der Waals surface area contributed by atoms with Crippen LogP contribution in [-0.2, 0) is 11.3 Å². The number of pyridine rings is 1. The standard InChI is InChI=1S/C18H20N2O2S/c1-23-17-10-9-15(12-19-17)16-8-5-11-20(16)18(21)22-13-14-6-3-2-4-7-14/h2-4,6-7,9-10,12,16H,5,8,11,13H2,1H3. The fourth-order valence-electron chi connectivity index (χ4n) is 2.84. The summed E-state index contributed by atoms with van der Waals surface area (Å²) >= 11 is 1.62. The Hall–Kier alpha value is -2.01. The fraction of sp³-hybridized carbons (Fsp3) is 0.333. The maximum Gasteiger partial charge on any atom is 0.410 e. The van der Waals surface area contributed by atoms with Gasteiger partial charge in [-0.1, -0.05) is 36.4 Å². The van der Waals surface area contributed by atoms with Crippen molar-refractivity contribution in [2.75, 3.05) is 12.8 Å². The molecule has 2 aromatic rings. The van der Waals surface area contributed by atoms with Crippen LogP contribution in [0.5, 0.6) is 0 Å². The van der Waals surface area contributed by atoms with E-state index >= 15 is 0 Å². The monoisotopic (exact) mass is 328 g/mol. The van der Waals surface area contributed by atoms with Crippen molar-refractivity contribution in [2.45, 2.75) is 30.5 Å². The molecule has 0 radical (unpaired) electrons. The van der Waals surface area contributed by atoms with Crippen molar-refractivity contribution >= 4 is 17.9 Å². The van der Waals surface area contributed by atoms with Crippen LogP contribution in [0.3, 0.4) is 0 Å². The zero-order valence-corrected chi connectivity index (χ0v) is 14.0. The predicted molar refractivity (Wildman–Crippen MR) is 91.3 cm³/mol. The van der Waals surface area contributed by atoms with Gasteiger partial charge >= 0.3 is 6.09 Å². The summed E-state index contributed by atoms with van der Waals surface area (Å²) in [6.07, 6.45) is 5.59. The number of rotatable bonds is 4. The maximum absolute atomic E-state index is 12.4. The Kier molecular flexibility index (Phi) is 5.18. The lowest BCUT2D eigenvalue weighted by molar-refractivity contribution is 0.0920. The number of thioether (sulfide) groups is 1. The molecule has 1 atom stereocenters. The number of carbonyl (C=O) groups excluding carboxylic acids is 1. The average molecular weight is 328 g/mol. The number of hydrogen-bond acceptors (Lipinski definition) is 4. The summed E-state index contributed by atoms with van der Waals surface area (Å²) in [5.41, 5.74) is 2.08. The predicted octanol–water partition coefficient (Wildman–Crippen LogP) is 4.28. The van der Waals surface area contributed by atoms with Crippen LogP contribution in [0.4, 0.5) is 4.79 Å². The molecule has 0 saturated carbocycles. The summed E-state index contributed by atoms with van der Waals surface area (Å²) in [7, 11) is 0. The van der Waals surface area contributed by atoms with E-state index in [1.54, 1.807) is 11.8 Å². The van der Waals surface area contributed by atoms with Gasteiger partial charge in [0.15, 0.2) is 0 Å². The highest BCUT2D eigenvalue weighted by molar-refractivity contribution is 7.98. The number of hydrogen-bond donors (Lipinski definition) is 0. The largest absolute Gasteiger partial charge is 0.445 e. The lowest BCUT2D eigenvalue weighted by atomic mass is 10.1. The lowest BCUT2D eigenvalue weighted by Crippen LogP contribution is -2.31. The van der Waals surface area contributed by atoms with E-state index in [-0.39, 0.29) is 12.1 Å². The number of aromatic nitrogens is 1. The molecular weight excluding hydrogens is 308 g/mol. The molecule has 0 bridgehead atoms. The van der Waals surface area contributed by atoms with Crippen molar-refractivity contribution in [3.63, 3.8) is 0 Å². The van der Waals surface area contributed by atoms with Crippen molar-refractivity contribution < 1.29 is 9.53 Å². The highest BCUT2D eigenvalue weighted by atomic mass is 32.2. The van der Waals surface area contributed by atoms with Crippen molar-refractivity contribution in [3.8, 4) is 0 Å². The number of amides is 1. The first-order valence-corrected chi connectivity index (χ1v) is 8.97. The minimum Gasteiger partial charge on any atom is -0.445 e. The molecule has 1 fully saturated rings. The second-order valence-corrected chi connectivity index (χ2v) is 6.35. The van der Waals surface area contributed by atoms with Crippen LogP contribution < -0.4 is 0 Å². The molecule has 0 aliphatic carbocycles. The van der Waals surface area contributed by atoms with Gasteiger partial charge in [0.25, 0.3) is 0 Å². The van der Waals surface area contributed by atoms with Crippen LogP contribution in [0.15, 0.2) is 53.7 Å². The first-order valence-electron chi connectivity index (χ1n) is 7.75. The first kappa shape index (κ1) is 15.9. The Balaban J connectivity index is 1.64. The molecule has 1 aromatic heterocycles. The molecule has 1 aliphatic heterocycles.